The van der Waals surface area contributed by atoms with Crippen molar-refractivity contribution in [3.8, 4) is 5.75 Å². The SMILES string of the molecule is CCCC(Oc1ccc(C(=N)N)cc1)N1CCNC(=O)C1=O.O=C(O)C(F)(F)F. The van der Waals surface area contributed by atoms with Crippen LogP contribution in [0.3, 0.4) is 0 Å². The number of carboxylic acids is 1. The number of amides is 2. The lowest BCUT2D eigenvalue weighted by molar-refractivity contribution is -0.192. The topological polar surface area (TPSA) is 146 Å². The number of benzene rings is 1. The summed E-state index contributed by atoms with van der Waals surface area (Å²) < 4.78 is 37.6. The first-order chi connectivity index (χ1) is 13.5. The molecule has 1 aromatic carbocycles. The van der Waals surface area contributed by atoms with E-state index in [4.69, 9.17) is 25.8 Å². The predicted molar refractivity (Wildman–Crippen MR) is 95.2 cm³/mol. The molecule has 1 atom stereocenters. The molecule has 160 valence electrons. The first kappa shape index (κ1) is 23.7. The molecule has 0 aliphatic carbocycles. The Morgan fingerprint density at radius 3 is 2.34 bits per heavy atom. The molecule has 0 aromatic heterocycles. The highest BCUT2D eigenvalue weighted by atomic mass is 19.4. The summed E-state index contributed by atoms with van der Waals surface area (Å²) in [4.78, 5) is 33.8. The molecule has 2 rings (SSSR count). The van der Waals surface area contributed by atoms with Gasteiger partial charge in [-0.2, -0.15) is 13.2 Å². The van der Waals surface area contributed by atoms with Gasteiger partial charge in [0.2, 0.25) is 0 Å². The van der Waals surface area contributed by atoms with Gasteiger partial charge in [0.25, 0.3) is 0 Å². The molecule has 0 saturated carbocycles. The molecule has 1 unspecified atom stereocenters. The van der Waals surface area contributed by atoms with E-state index in [1.165, 1.54) is 4.90 Å². The van der Waals surface area contributed by atoms with Gasteiger partial charge in [-0.25, -0.2) is 4.79 Å². The molecule has 0 radical (unpaired) electrons. The zero-order valence-electron chi connectivity index (χ0n) is 15.5. The second-order valence-electron chi connectivity index (χ2n) is 5.86. The molecule has 1 fully saturated rings. The lowest BCUT2D eigenvalue weighted by atomic mass is 10.2. The van der Waals surface area contributed by atoms with Gasteiger partial charge in [-0.05, 0) is 24.3 Å². The number of hydrogen-bond acceptors (Lipinski definition) is 5. The number of halogens is 3. The van der Waals surface area contributed by atoms with Gasteiger partial charge in [-0.3, -0.25) is 19.9 Å². The number of carboxylic acid groups (broad SMARTS) is 1. The van der Waals surface area contributed by atoms with E-state index in [-0.39, 0.29) is 5.84 Å². The Morgan fingerprint density at radius 1 is 1.34 bits per heavy atom. The van der Waals surface area contributed by atoms with E-state index < -0.39 is 30.2 Å². The number of nitrogens with two attached hydrogens (primary N) is 1. The van der Waals surface area contributed by atoms with Crippen molar-refractivity contribution in [3.63, 3.8) is 0 Å². The van der Waals surface area contributed by atoms with E-state index in [9.17, 15) is 22.8 Å². The van der Waals surface area contributed by atoms with Crippen molar-refractivity contribution in [2.75, 3.05) is 13.1 Å². The number of ether oxygens (including phenoxy) is 1. The summed E-state index contributed by atoms with van der Waals surface area (Å²) >= 11 is 0. The minimum Gasteiger partial charge on any atom is -0.475 e. The third kappa shape index (κ3) is 7.31. The molecule has 12 heteroatoms. The van der Waals surface area contributed by atoms with Crippen LogP contribution in [-0.4, -0.2) is 59.1 Å². The van der Waals surface area contributed by atoms with Gasteiger partial charge in [0.15, 0.2) is 6.23 Å². The average Bonchev–Trinajstić information content (AvgIpc) is 2.64. The number of carbonyl (C=O) groups excluding carboxylic acids is 2. The zero-order valence-corrected chi connectivity index (χ0v) is 15.5. The van der Waals surface area contributed by atoms with Gasteiger partial charge in [0, 0.05) is 25.1 Å². The number of rotatable bonds is 6. The van der Waals surface area contributed by atoms with Crippen molar-refractivity contribution in [2.45, 2.75) is 32.2 Å². The zero-order chi connectivity index (χ0) is 22.2. The van der Waals surface area contributed by atoms with E-state index in [1.54, 1.807) is 24.3 Å². The molecule has 9 nitrogen and oxygen atoms in total. The van der Waals surface area contributed by atoms with E-state index in [0.29, 0.717) is 30.8 Å². The highest BCUT2D eigenvalue weighted by molar-refractivity contribution is 6.35. The minimum atomic E-state index is -5.08. The van der Waals surface area contributed by atoms with Crippen LogP contribution in [0, 0.1) is 5.41 Å². The van der Waals surface area contributed by atoms with Gasteiger partial charge >= 0.3 is 24.0 Å². The second-order valence-corrected chi connectivity index (χ2v) is 5.86. The summed E-state index contributed by atoms with van der Waals surface area (Å²) in [6, 6.07) is 6.78. The number of nitrogen functional groups attached to an aromatic ring is 1. The summed E-state index contributed by atoms with van der Waals surface area (Å²) in [5.41, 5.74) is 6.01. The van der Waals surface area contributed by atoms with Gasteiger partial charge in [-0.1, -0.05) is 13.3 Å². The number of alkyl halides is 3. The highest BCUT2D eigenvalue weighted by Crippen LogP contribution is 2.18. The number of nitrogens with one attached hydrogen (secondary N) is 2. The van der Waals surface area contributed by atoms with Crippen molar-refractivity contribution in [3.05, 3.63) is 29.8 Å². The monoisotopic (exact) mass is 418 g/mol. The van der Waals surface area contributed by atoms with Crippen LogP contribution in [0.1, 0.15) is 25.3 Å². The van der Waals surface area contributed by atoms with Crippen molar-refractivity contribution >= 4 is 23.6 Å². The van der Waals surface area contributed by atoms with Crippen LogP contribution in [0.25, 0.3) is 0 Å². The normalized spacial score (nSPS) is 15.0. The minimum absolute atomic E-state index is 0.0143. The number of nitrogens with zero attached hydrogens (tertiary/aromatic N) is 1. The summed E-state index contributed by atoms with van der Waals surface area (Å²) in [5, 5.41) is 17.0. The lowest BCUT2D eigenvalue weighted by Gasteiger charge is -2.34. The Labute approximate surface area is 164 Å². The Kier molecular flexibility index (Phi) is 8.42. The van der Waals surface area contributed by atoms with Crippen molar-refractivity contribution in [1.29, 1.82) is 5.41 Å². The maximum Gasteiger partial charge on any atom is 0.490 e. The summed E-state index contributed by atoms with van der Waals surface area (Å²) in [6.45, 7) is 2.85. The number of hydrogen-bond donors (Lipinski definition) is 4. The molecule has 1 heterocycles. The fourth-order valence-electron chi connectivity index (χ4n) is 2.27. The second kappa shape index (κ2) is 10.3. The van der Waals surface area contributed by atoms with E-state index >= 15 is 0 Å². The highest BCUT2D eigenvalue weighted by Gasteiger charge is 2.38. The molecule has 1 saturated heterocycles. The summed E-state index contributed by atoms with van der Waals surface area (Å²) in [5.74, 6) is -3.36. The van der Waals surface area contributed by atoms with Gasteiger partial charge in [-0.15, -0.1) is 0 Å². The molecule has 0 spiro atoms. The quantitative estimate of drug-likeness (QED) is 0.309. The molecular formula is C17H21F3N4O5. The molecular weight excluding hydrogens is 397 g/mol. The van der Waals surface area contributed by atoms with Crippen LogP contribution >= 0.6 is 0 Å². The number of amidine groups is 1. The molecule has 1 aromatic rings. The first-order valence-electron chi connectivity index (χ1n) is 8.47. The number of carbonyl (C=O) groups is 3. The largest absolute Gasteiger partial charge is 0.490 e. The first-order valence-corrected chi connectivity index (χ1v) is 8.47. The standard InChI is InChI=1S/C15H20N4O3.C2HF3O2/c1-2-3-12(19-9-8-18-14(20)15(19)21)22-11-6-4-10(5-7-11)13(16)17;3-2(4,5)1(6)7/h4-7,12H,2-3,8-9H2,1H3,(H3,16,17)(H,18,20);(H,6,7). The van der Waals surface area contributed by atoms with E-state index in [2.05, 4.69) is 5.32 Å². The Hall–Kier alpha value is -3.31. The Bertz CT molecular complexity index is 752. The molecule has 1 aliphatic heterocycles. The van der Waals surface area contributed by atoms with E-state index in [0.717, 1.165) is 6.42 Å². The van der Waals surface area contributed by atoms with Crippen molar-refractivity contribution in [2.24, 2.45) is 5.73 Å². The molecule has 29 heavy (non-hydrogen) atoms. The molecule has 5 N–H and O–H groups in total. The van der Waals surface area contributed by atoms with Crippen LogP contribution < -0.4 is 15.8 Å². The van der Waals surface area contributed by atoms with Gasteiger partial charge < -0.3 is 20.9 Å². The van der Waals surface area contributed by atoms with Gasteiger partial charge in [0.1, 0.15) is 11.6 Å². The van der Waals surface area contributed by atoms with Crippen molar-refractivity contribution < 1.29 is 37.4 Å². The van der Waals surface area contributed by atoms with Crippen LogP contribution in [0.2, 0.25) is 0 Å². The van der Waals surface area contributed by atoms with Crippen LogP contribution in [0.15, 0.2) is 24.3 Å². The molecule has 0 bridgehead atoms. The smallest absolute Gasteiger partial charge is 0.475 e. The fourth-order valence-corrected chi connectivity index (χ4v) is 2.27. The predicted octanol–water partition coefficient (Wildman–Crippen LogP) is 1.07. The lowest BCUT2D eigenvalue weighted by Crippen LogP contribution is -2.57. The average molecular weight is 418 g/mol. The Balaban J connectivity index is 0.000000516. The van der Waals surface area contributed by atoms with Crippen LogP contribution in [0.5, 0.6) is 5.75 Å². The Morgan fingerprint density at radius 2 is 1.90 bits per heavy atom. The van der Waals surface area contributed by atoms with Crippen LogP contribution in [0.4, 0.5) is 13.2 Å². The third-order valence-electron chi connectivity index (χ3n) is 3.66. The van der Waals surface area contributed by atoms with Gasteiger partial charge in [0.05, 0.1) is 0 Å². The number of piperazine rings is 1. The molecule has 2 amide bonds. The number of aliphatic carboxylic acids is 1. The maximum absolute atomic E-state index is 12.0. The summed E-state index contributed by atoms with van der Waals surface area (Å²) in [7, 11) is 0. The fraction of sp³-hybridized carbons (Fsp3) is 0.412. The van der Waals surface area contributed by atoms with E-state index in [1.807, 2.05) is 6.92 Å². The maximum atomic E-state index is 12.0. The van der Waals surface area contributed by atoms with Crippen molar-refractivity contribution in [1.82, 2.24) is 10.2 Å². The molecule has 1 aliphatic rings. The summed E-state index contributed by atoms with van der Waals surface area (Å²) in [6.07, 6.45) is -4.11. The van der Waals surface area contributed by atoms with Crippen LogP contribution in [-0.2, 0) is 14.4 Å². The third-order valence-corrected chi connectivity index (χ3v) is 3.66.